The summed E-state index contributed by atoms with van der Waals surface area (Å²) in [6.45, 7) is 1.95. The molecule has 0 aromatic heterocycles. The lowest BCUT2D eigenvalue weighted by Gasteiger charge is -2.14. The number of hydrogen-bond acceptors (Lipinski definition) is 7. The number of carbonyl (C=O) groups excluding carboxylic acids is 3. The van der Waals surface area contributed by atoms with E-state index < -0.39 is 24.0 Å². The van der Waals surface area contributed by atoms with Crippen LogP contribution in [-0.2, 0) is 35.0 Å². The Morgan fingerprint density at radius 2 is 1.76 bits per heavy atom. The van der Waals surface area contributed by atoms with Gasteiger partial charge in [-0.3, -0.25) is 9.59 Å². The summed E-state index contributed by atoms with van der Waals surface area (Å²) >= 11 is 0. The van der Waals surface area contributed by atoms with Gasteiger partial charge in [0.05, 0.1) is 27.8 Å². The van der Waals surface area contributed by atoms with E-state index in [9.17, 15) is 14.4 Å². The third-order valence-electron chi connectivity index (χ3n) is 3.62. The fourth-order valence-electron chi connectivity index (χ4n) is 2.29. The van der Waals surface area contributed by atoms with Crippen molar-refractivity contribution >= 4 is 17.9 Å². The highest BCUT2D eigenvalue weighted by Crippen LogP contribution is 2.19. The molecule has 0 aliphatic rings. The lowest BCUT2D eigenvalue weighted by molar-refractivity contribution is -0.169. The lowest BCUT2D eigenvalue weighted by Crippen LogP contribution is -2.31. The molecule has 1 aromatic carbocycles. The molecule has 0 heterocycles. The van der Waals surface area contributed by atoms with Crippen LogP contribution in [0.1, 0.15) is 30.4 Å². The second-order valence-corrected chi connectivity index (χ2v) is 5.44. The smallest absolute Gasteiger partial charge is 0.347 e. The largest absolute Gasteiger partial charge is 0.496 e. The van der Waals surface area contributed by atoms with Gasteiger partial charge in [0.25, 0.3) is 0 Å². The number of benzene rings is 1. The zero-order valence-corrected chi connectivity index (χ0v) is 15.0. The van der Waals surface area contributed by atoms with Crippen LogP contribution in [0.15, 0.2) is 18.2 Å². The summed E-state index contributed by atoms with van der Waals surface area (Å²) in [4.78, 5) is 34.7. The Labute approximate surface area is 147 Å². The molecule has 0 bridgehead atoms. The molecular formula is C18H24O7. The summed E-state index contributed by atoms with van der Waals surface area (Å²) in [5.41, 5.74) is 2.09. The van der Waals surface area contributed by atoms with Crippen molar-refractivity contribution < 1.29 is 33.3 Å². The molecule has 1 atom stereocenters. The van der Waals surface area contributed by atoms with Gasteiger partial charge in [-0.05, 0) is 37.0 Å². The molecule has 0 radical (unpaired) electrons. The van der Waals surface area contributed by atoms with E-state index in [1.807, 2.05) is 25.1 Å². The minimum atomic E-state index is -1.28. The van der Waals surface area contributed by atoms with Gasteiger partial charge in [0, 0.05) is 6.42 Å². The minimum Gasteiger partial charge on any atom is -0.496 e. The monoisotopic (exact) mass is 352 g/mol. The number of methoxy groups -OCH3 is 3. The van der Waals surface area contributed by atoms with E-state index >= 15 is 0 Å². The van der Waals surface area contributed by atoms with Crippen molar-refractivity contribution in [3.63, 3.8) is 0 Å². The van der Waals surface area contributed by atoms with Crippen LogP contribution in [0.4, 0.5) is 0 Å². The van der Waals surface area contributed by atoms with Crippen LogP contribution in [0.25, 0.3) is 0 Å². The predicted octanol–water partition coefficient (Wildman–Crippen LogP) is 1.97. The van der Waals surface area contributed by atoms with Crippen molar-refractivity contribution in [3.05, 3.63) is 29.3 Å². The highest BCUT2D eigenvalue weighted by molar-refractivity contribution is 5.84. The molecule has 7 nitrogen and oxygen atoms in total. The van der Waals surface area contributed by atoms with E-state index in [0.29, 0.717) is 12.8 Å². The van der Waals surface area contributed by atoms with Crippen molar-refractivity contribution in [1.29, 1.82) is 0 Å². The second-order valence-electron chi connectivity index (χ2n) is 5.44. The van der Waals surface area contributed by atoms with Crippen molar-refractivity contribution in [2.75, 3.05) is 21.3 Å². The fourth-order valence-corrected chi connectivity index (χ4v) is 2.29. The van der Waals surface area contributed by atoms with Crippen LogP contribution in [0.2, 0.25) is 0 Å². The molecule has 138 valence electrons. The maximum absolute atomic E-state index is 11.9. The van der Waals surface area contributed by atoms with Crippen molar-refractivity contribution in [1.82, 2.24) is 0 Å². The Morgan fingerprint density at radius 1 is 1.04 bits per heavy atom. The van der Waals surface area contributed by atoms with Gasteiger partial charge in [-0.2, -0.15) is 0 Å². The summed E-state index contributed by atoms with van der Waals surface area (Å²) < 4.78 is 19.3. The van der Waals surface area contributed by atoms with Crippen LogP contribution < -0.4 is 4.74 Å². The normalized spacial score (nSPS) is 11.4. The standard InChI is InChI=1S/C18H24O7/c1-12-10-13(8-9-14(12)22-2)6-5-7-16(19)25-15(18(21)24-4)11-17(20)23-3/h8-10,15H,5-7,11H2,1-4H3. The van der Waals surface area contributed by atoms with Crippen LogP contribution >= 0.6 is 0 Å². The summed E-state index contributed by atoms with van der Waals surface area (Å²) in [5.74, 6) is -1.20. The molecule has 0 spiro atoms. The van der Waals surface area contributed by atoms with E-state index in [0.717, 1.165) is 24.0 Å². The van der Waals surface area contributed by atoms with Gasteiger partial charge in [-0.1, -0.05) is 12.1 Å². The molecule has 1 rings (SSSR count). The maximum Gasteiger partial charge on any atom is 0.347 e. The summed E-state index contributed by atoms with van der Waals surface area (Å²) in [6, 6.07) is 5.82. The first kappa shape index (κ1) is 20.5. The van der Waals surface area contributed by atoms with Gasteiger partial charge >= 0.3 is 17.9 Å². The summed E-state index contributed by atoms with van der Waals surface area (Å²) in [5, 5.41) is 0. The molecule has 25 heavy (non-hydrogen) atoms. The van der Waals surface area contributed by atoms with E-state index in [1.165, 1.54) is 7.11 Å². The van der Waals surface area contributed by atoms with Crippen molar-refractivity contribution in [3.8, 4) is 5.75 Å². The highest BCUT2D eigenvalue weighted by atomic mass is 16.6. The first-order chi connectivity index (χ1) is 11.9. The Morgan fingerprint density at radius 3 is 2.32 bits per heavy atom. The lowest BCUT2D eigenvalue weighted by atomic mass is 10.1. The summed E-state index contributed by atoms with van der Waals surface area (Å²) in [6.07, 6.45) is -0.295. The molecule has 0 N–H and O–H groups in total. The van der Waals surface area contributed by atoms with Gasteiger partial charge in [0.1, 0.15) is 5.75 Å². The molecule has 0 aliphatic carbocycles. The Hall–Kier alpha value is -2.57. The average molecular weight is 352 g/mol. The van der Waals surface area contributed by atoms with E-state index in [4.69, 9.17) is 9.47 Å². The van der Waals surface area contributed by atoms with Crippen LogP contribution in [-0.4, -0.2) is 45.3 Å². The molecule has 0 aliphatic heterocycles. The van der Waals surface area contributed by atoms with Crippen LogP contribution in [0.3, 0.4) is 0 Å². The van der Waals surface area contributed by atoms with Crippen LogP contribution in [0.5, 0.6) is 5.75 Å². The van der Waals surface area contributed by atoms with Gasteiger partial charge in [-0.25, -0.2) is 4.79 Å². The molecule has 7 heteroatoms. The van der Waals surface area contributed by atoms with Gasteiger partial charge in [-0.15, -0.1) is 0 Å². The number of esters is 3. The zero-order valence-electron chi connectivity index (χ0n) is 15.0. The number of ether oxygens (including phenoxy) is 4. The van der Waals surface area contributed by atoms with Gasteiger partial charge < -0.3 is 18.9 Å². The average Bonchev–Trinajstić information content (AvgIpc) is 2.60. The number of aryl methyl sites for hydroxylation is 2. The Bertz CT molecular complexity index is 609. The maximum atomic E-state index is 11.9. The van der Waals surface area contributed by atoms with E-state index in [1.54, 1.807) is 7.11 Å². The third kappa shape index (κ3) is 6.82. The van der Waals surface area contributed by atoms with Crippen molar-refractivity contribution in [2.24, 2.45) is 0 Å². The Kier molecular flexibility index (Phi) is 8.46. The van der Waals surface area contributed by atoms with Gasteiger partial charge in [0.15, 0.2) is 0 Å². The van der Waals surface area contributed by atoms with E-state index in [-0.39, 0.29) is 12.8 Å². The quantitative estimate of drug-likeness (QED) is 0.496. The molecule has 0 saturated heterocycles. The topological polar surface area (TPSA) is 88.1 Å². The zero-order chi connectivity index (χ0) is 18.8. The van der Waals surface area contributed by atoms with Gasteiger partial charge in [0.2, 0.25) is 6.10 Å². The second kappa shape index (κ2) is 10.3. The molecule has 0 fully saturated rings. The first-order valence-electron chi connectivity index (χ1n) is 7.88. The fraction of sp³-hybridized carbons (Fsp3) is 0.500. The summed E-state index contributed by atoms with van der Waals surface area (Å²) in [7, 11) is 3.96. The molecule has 0 saturated carbocycles. The first-order valence-corrected chi connectivity index (χ1v) is 7.88. The highest BCUT2D eigenvalue weighted by Gasteiger charge is 2.27. The molecule has 0 amide bonds. The number of carbonyl (C=O) groups is 3. The van der Waals surface area contributed by atoms with Crippen molar-refractivity contribution in [2.45, 2.75) is 38.7 Å². The number of rotatable bonds is 9. The van der Waals surface area contributed by atoms with E-state index in [2.05, 4.69) is 9.47 Å². The number of hydrogen-bond donors (Lipinski definition) is 0. The molecule has 1 unspecified atom stereocenters. The molecular weight excluding hydrogens is 328 g/mol. The van der Waals surface area contributed by atoms with Crippen LogP contribution in [0, 0.1) is 6.92 Å². The predicted molar refractivity (Wildman–Crippen MR) is 89.2 cm³/mol. The molecule has 1 aromatic rings. The SMILES string of the molecule is COC(=O)CC(OC(=O)CCCc1ccc(OC)c(C)c1)C(=O)OC. The third-order valence-corrected chi connectivity index (χ3v) is 3.62. The minimum absolute atomic E-state index is 0.125. The Balaban J connectivity index is 2.50.